The number of fused-ring (bicyclic) bond motifs is 1. The van der Waals surface area contributed by atoms with Gasteiger partial charge in [0.15, 0.2) is 11.5 Å². The highest BCUT2D eigenvalue weighted by molar-refractivity contribution is 7.98. The summed E-state index contributed by atoms with van der Waals surface area (Å²) in [6.07, 6.45) is -2.16. The minimum atomic E-state index is -3.73. The van der Waals surface area contributed by atoms with E-state index in [0.717, 1.165) is 17.8 Å². The number of alkyl halides is 2. The van der Waals surface area contributed by atoms with E-state index in [-0.39, 0.29) is 34.4 Å². The predicted octanol–water partition coefficient (Wildman–Crippen LogP) is 2.85. The molecular formula is C9H7ClF2O4S. The van der Waals surface area contributed by atoms with E-state index in [4.69, 9.17) is 5.11 Å². The van der Waals surface area contributed by atoms with Gasteiger partial charge in [-0.2, -0.15) is 0 Å². The van der Waals surface area contributed by atoms with Crippen molar-refractivity contribution in [2.75, 3.05) is 6.26 Å². The summed E-state index contributed by atoms with van der Waals surface area (Å²) >= 11 is 1.01. The Bertz CT molecular complexity index is 467. The molecule has 0 amide bonds. The lowest BCUT2D eigenvalue weighted by Crippen LogP contribution is -2.26. The summed E-state index contributed by atoms with van der Waals surface area (Å²) in [5.74, 6) is -1.58. The fraction of sp³-hybridized carbons (Fsp3) is 0.222. The van der Waals surface area contributed by atoms with E-state index >= 15 is 0 Å². The van der Waals surface area contributed by atoms with Crippen molar-refractivity contribution in [2.24, 2.45) is 0 Å². The Labute approximate surface area is 105 Å². The van der Waals surface area contributed by atoms with Crippen molar-refractivity contribution < 1.29 is 28.2 Å². The van der Waals surface area contributed by atoms with E-state index in [1.54, 1.807) is 6.26 Å². The number of hydrogen-bond acceptors (Lipinski definition) is 4. The molecule has 1 aromatic carbocycles. The van der Waals surface area contributed by atoms with Crippen molar-refractivity contribution >= 4 is 30.1 Å². The van der Waals surface area contributed by atoms with E-state index < -0.39 is 12.3 Å². The van der Waals surface area contributed by atoms with Crippen LogP contribution in [0.5, 0.6) is 11.5 Å². The maximum Gasteiger partial charge on any atom is 0.586 e. The second-order valence-corrected chi connectivity index (χ2v) is 3.76. The SMILES string of the molecule is CSc1c(C(=O)O)ccc2c1OC(F)(F)O2.Cl. The van der Waals surface area contributed by atoms with Gasteiger partial charge in [-0.3, -0.25) is 0 Å². The molecule has 1 aromatic rings. The Morgan fingerprint density at radius 2 is 2.06 bits per heavy atom. The molecule has 0 spiro atoms. The number of carboxylic acid groups (broad SMARTS) is 1. The number of rotatable bonds is 2. The normalized spacial score (nSPS) is 15.2. The van der Waals surface area contributed by atoms with Crippen LogP contribution in [0.4, 0.5) is 8.78 Å². The molecule has 0 unspecified atom stereocenters. The number of benzene rings is 1. The van der Waals surface area contributed by atoms with Crippen molar-refractivity contribution in [1.82, 2.24) is 0 Å². The van der Waals surface area contributed by atoms with E-state index in [0.29, 0.717) is 0 Å². The van der Waals surface area contributed by atoms with Gasteiger partial charge >= 0.3 is 12.3 Å². The molecule has 17 heavy (non-hydrogen) atoms. The molecule has 2 rings (SSSR count). The van der Waals surface area contributed by atoms with Gasteiger partial charge in [-0.15, -0.1) is 32.9 Å². The molecule has 0 fully saturated rings. The first kappa shape index (κ1) is 13.9. The molecule has 1 aliphatic heterocycles. The first-order valence-electron chi connectivity index (χ1n) is 4.15. The van der Waals surface area contributed by atoms with Crippen LogP contribution < -0.4 is 9.47 Å². The van der Waals surface area contributed by atoms with Crippen LogP contribution in [0.25, 0.3) is 0 Å². The molecular weight excluding hydrogens is 278 g/mol. The highest BCUT2D eigenvalue weighted by atomic mass is 35.5. The Morgan fingerprint density at radius 1 is 1.41 bits per heavy atom. The van der Waals surface area contributed by atoms with Crippen molar-refractivity contribution in [3.05, 3.63) is 17.7 Å². The summed E-state index contributed by atoms with van der Waals surface area (Å²) in [7, 11) is 0. The molecule has 0 radical (unpaired) electrons. The molecule has 0 saturated carbocycles. The second-order valence-electron chi connectivity index (χ2n) is 2.95. The number of carboxylic acids is 1. The number of hydrogen-bond donors (Lipinski definition) is 1. The Hall–Kier alpha value is -1.21. The number of halogens is 3. The third-order valence-electron chi connectivity index (χ3n) is 1.96. The standard InChI is InChI=1S/C9H6F2O4S.ClH/c1-16-7-4(8(12)13)2-3-5-6(7)15-9(10,11)14-5;/h2-3H,1H3,(H,12,13);1H. The van der Waals surface area contributed by atoms with Crippen molar-refractivity contribution in [3.63, 3.8) is 0 Å². The van der Waals surface area contributed by atoms with Crippen molar-refractivity contribution in [1.29, 1.82) is 0 Å². The molecule has 0 atom stereocenters. The summed E-state index contributed by atoms with van der Waals surface area (Å²) in [4.78, 5) is 11.0. The highest BCUT2D eigenvalue weighted by Gasteiger charge is 2.45. The summed E-state index contributed by atoms with van der Waals surface area (Å²) in [6, 6.07) is 2.36. The number of aromatic carboxylic acids is 1. The summed E-state index contributed by atoms with van der Waals surface area (Å²) < 4.78 is 34.0. The molecule has 8 heteroatoms. The fourth-order valence-corrected chi connectivity index (χ4v) is 2.06. The van der Waals surface area contributed by atoms with Gasteiger partial charge in [-0.05, 0) is 18.4 Å². The fourth-order valence-electron chi connectivity index (χ4n) is 1.36. The Balaban J connectivity index is 0.00000144. The van der Waals surface area contributed by atoms with E-state index in [1.165, 1.54) is 6.07 Å². The van der Waals surface area contributed by atoms with Crippen molar-refractivity contribution in [2.45, 2.75) is 11.2 Å². The lowest BCUT2D eigenvalue weighted by atomic mass is 10.2. The summed E-state index contributed by atoms with van der Waals surface area (Å²) in [6.45, 7) is 0. The van der Waals surface area contributed by atoms with Crippen LogP contribution in [0.2, 0.25) is 0 Å². The molecule has 1 N–H and O–H groups in total. The topological polar surface area (TPSA) is 55.8 Å². The van der Waals surface area contributed by atoms with Crippen molar-refractivity contribution in [3.8, 4) is 11.5 Å². The van der Waals surface area contributed by atoms with E-state index in [1.807, 2.05) is 0 Å². The van der Waals surface area contributed by atoms with Gasteiger partial charge in [0.2, 0.25) is 0 Å². The van der Waals surface area contributed by atoms with E-state index in [2.05, 4.69) is 9.47 Å². The molecule has 1 aliphatic rings. The minimum Gasteiger partial charge on any atom is -0.478 e. The first-order chi connectivity index (χ1) is 7.44. The molecule has 0 aliphatic carbocycles. The zero-order valence-corrected chi connectivity index (χ0v) is 10.0. The third kappa shape index (κ3) is 2.39. The van der Waals surface area contributed by atoms with E-state index in [9.17, 15) is 13.6 Å². The van der Waals surface area contributed by atoms with Crippen LogP contribution in [-0.2, 0) is 0 Å². The second kappa shape index (κ2) is 4.58. The van der Waals surface area contributed by atoms with Crippen LogP contribution >= 0.6 is 24.2 Å². The number of carbonyl (C=O) groups is 1. The monoisotopic (exact) mass is 284 g/mol. The maximum atomic E-state index is 12.8. The van der Waals surface area contributed by atoms with Gasteiger partial charge in [0, 0.05) is 0 Å². The lowest BCUT2D eigenvalue weighted by Gasteiger charge is -2.07. The zero-order valence-electron chi connectivity index (χ0n) is 8.40. The minimum absolute atomic E-state index is 0. The highest BCUT2D eigenvalue weighted by Crippen LogP contribution is 2.47. The van der Waals surface area contributed by atoms with Gasteiger partial charge in [0.05, 0.1) is 10.5 Å². The van der Waals surface area contributed by atoms with Gasteiger partial charge in [0.25, 0.3) is 0 Å². The Morgan fingerprint density at radius 3 is 2.59 bits per heavy atom. The van der Waals surface area contributed by atoms with Crippen LogP contribution in [0, 0.1) is 0 Å². The molecule has 94 valence electrons. The Kier molecular flexibility index (Phi) is 3.73. The molecule has 4 nitrogen and oxygen atoms in total. The summed E-state index contributed by atoms with van der Waals surface area (Å²) in [5, 5.41) is 8.86. The van der Waals surface area contributed by atoms with Gasteiger partial charge in [-0.1, -0.05) is 0 Å². The molecule has 0 aromatic heterocycles. The van der Waals surface area contributed by atoms with Crippen LogP contribution in [0.1, 0.15) is 10.4 Å². The number of ether oxygens (including phenoxy) is 2. The molecule has 0 bridgehead atoms. The average molecular weight is 285 g/mol. The quantitative estimate of drug-likeness (QED) is 0.846. The van der Waals surface area contributed by atoms with Gasteiger partial charge in [-0.25, -0.2) is 4.79 Å². The van der Waals surface area contributed by atoms with Crippen LogP contribution in [0.3, 0.4) is 0 Å². The largest absolute Gasteiger partial charge is 0.586 e. The lowest BCUT2D eigenvalue weighted by molar-refractivity contribution is -0.287. The third-order valence-corrected chi connectivity index (χ3v) is 2.77. The first-order valence-corrected chi connectivity index (χ1v) is 5.37. The smallest absolute Gasteiger partial charge is 0.478 e. The predicted molar refractivity (Wildman–Crippen MR) is 58.6 cm³/mol. The average Bonchev–Trinajstić information content (AvgIpc) is 2.49. The van der Waals surface area contributed by atoms with Gasteiger partial charge < -0.3 is 14.6 Å². The number of thioether (sulfide) groups is 1. The van der Waals surface area contributed by atoms with Crippen LogP contribution in [-0.4, -0.2) is 23.6 Å². The maximum absolute atomic E-state index is 12.8. The molecule has 1 heterocycles. The van der Waals surface area contributed by atoms with Gasteiger partial charge in [0.1, 0.15) is 0 Å². The zero-order chi connectivity index (χ0) is 11.9. The molecule has 0 saturated heterocycles. The van der Waals surface area contributed by atoms with Crippen LogP contribution in [0.15, 0.2) is 17.0 Å². The summed E-state index contributed by atoms with van der Waals surface area (Å²) in [5.41, 5.74) is -0.0902.